The van der Waals surface area contributed by atoms with E-state index in [0.29, 0.717) is 0 Å². The Balaban J connectivity index is 2.63. The molecule has 14 heavy (non-hydrogen) atoms. The predicted molar refractivity (Wildman–Crippen MR) is 60.2 cm³/mol. The second-order valence-electron chi connectivity index (χ2n) is 3.53. The van der Waals surface area contributed by atoms with Crippen molar-refractivity contribution in [1.29, 1.82) is 0 Å². The third-order valence-corrected chi connectivity index (χ3v) is 2.36. The number of hydrogen-bond donors (Lipinski definition) is 1. The summed E-state index contributed by atoms with van der Waals surface area (Å²) in [4.78, 5) is 0. The molecule has 0 saturated heterocycles. The highest BCUT2D eigenvalue weighted by molar-refractivity contribution is 5.25. The molecule has 1 aromatic rings. The zero-order chi connectivity index (χ0) is 10.4. The van der Waals surface area contributed by atoms with E-state index in [1.54, 1.807) is 6.08 Å². The Morgan fingerprint density at radius 1 is 1.36 bits per heavy atom. The zero-order valence-corrected chi connectivity index (χ0v) is 8.74. The van der Waals surface area contributed by atoms with Gasteiger partial charge in [-0.2, -0.15) is 0 Å². The standard InChI is InChI=1S/C13H18O/c1-3-5-6-11-7-9-12(10-8-11)13(14)4-2/h4,7-10,13-14H,2-3,5-6H2,1H3. The number of aliphatic hydroxyl groups is 1. The van der Waals surface area contributed by atoms with Crippen LogP contribution in [0, 0.1) is 0 Å². The topological polar surface area (TPSA) is 20.2 Å². The zero-order valence-electron chi connectivity index (χ0n) is 8.74. The van der Waals surface area contributed by atoms with Crippen LogP contribution < -0.4 is 0 Å². The van der Waals surface area contributed by atoms with Crippen molar-refractivity contribution in [2.45, 2.75) is 32.3 Å². The maximum atomic E-state index is 9.48. The van der Waals surface area contributed by atoms with Crippen molar-refractivity contribution in [1.82, 2.24) is 0 Å². The van der Waals surface area contributed by atoms with Crippen LogP contribution in [0.5, 0.6) is 0 Å². The van der Waals surface area contributed by atoms with Crippen LogP contribution in [0.2, 0.25) is 0 Å². The Morgan fingerprint density at radius 3 is 2.50 bits per heavy atom. The summed E-state index contributed by atoms with van der Waals surface area (Å²) in [7, 11) is 0. The second kappa shape index (κ2) is 5.61. The molecule has 0 fully saturated rings. The number of unbranched alkanes of at least 4 members (excludes halogenated alkanes) is 1. The average Bonchev–Trinajstić information content (AvgIpc) is 2.26. The lowest BCUT2D eigenvalue weighted by molar-refractivity contribution is 0.229. The molecule has 0 aliphatic rings. The first-order chi connectivity index (χ1) is 6.77. The van der Waals surface area contributed by atoms with E-state index in [2.05, 4.69) is 25.6 Å². The Kier molecular flexibility index (Phi) is 4.41. The van der Waals surface area contributed by atoms with Gasteiger partial charge in [-0.05, 0) is 24.0 Å². The third-order valence-electron chi connectivity index (χ3n) is 2.36. The smallest absolute Gasteiger partial charge is 0.0969 e. The summed E-state index contributed by atoms with van der Waals surface area (Å²) in [5.74, 6) is 0. The van der Waals surface area contributed by atoms with Crippen LogP contribution in [-0.2, 0) is 6.42 Å². The van der Waals surface area contributed by atoms with Crippen LogP contribution in [0.1, 0.15) is 37.0 Å². The van der Waals surface area contributed by atoms with Gasteiger partial charge in [0.05, 0.1) is 6.10 Å². The maximum absolute atomic E-state index is 9.48. The molecule has 1 aromatic carbocycles. The first kappa shape index (κ1) is 11.0. The predicted octanol–water partition coefficient (Wildman–Crippen LogP) is 3.25. The van der Waals surface area contributed by atoms with E-state index >= 15 is 0 Å². The molecule has 0 spiro atoms. The molecule has 0 bridgehead atoms. The lowest BCUT2D eigenvalue weighted by Gasteiger charge is -2.06. The lowest BCUT2D eigenvalue weighted by Crippen LogP contribution is -1.93. The molecule has 0 radical (unpaired) electrons. The molecule has 0 saturated carbocycles. The molecule has 1 heteroatoms. The van der Waals surface area contributed by atoms with Crippen molar-refractivity contribution < 1.29 is 5.11 Å². The summed E-state index contributed by atoms with van der Waals surface area (Å²) in [6.45, 7) is 5.75. The minimum absolute atomic E-state index is 0.532. The summed E-state index contributed by atoms with van der Waals surface area (Å²) in [6, 6.07) is 8.10. The van der Waals surface area contributed by atoms with Crippen LogP contribution in [0.3, 0.4) is 0 Å². The summed E-state index contributed by atoms with van der Waals surface area (Å²) < 4.78 is 0. The van der Waals surface area contributed by atoms with Gasteiger partial charge in [0.25, 0.3) is 0 Å². The van der Waals surface area contributed by atoms with Crippen LogP contribution in [-0.4, -0.2) is 5.11 Å². The van der Waals surface area contributed by atoms with Crippen LogP contribution in [0.25, 0.3) is 0 Å². The molecule has 1 rings (SSSR count). The van der Waals surface area contributed by atoms with E-state index in [1.165, 1.54) is 18.4 Å². The van der Waals surface area contributed by atoms with Gasteiger partial charge in [-0.25, -0.2) is 0 Å². The van der Waals surface area contributed by atoms with Gasteiger partial charge in [-0.3, -0.25) is 0 Å². The number of aliphatic hydroxyl groups excluding tert-OH is 1. The third kappa shape index (κ3) is 3.00. The number of benzene rings is 1. The molecule has 1 nitrogen and oxygen atoms in total. The Hall–Kier alpha value is -1.08. The van der Waals surface area contributed by atoms with Crippen LogP contribution in [0.15, 0.2) is 36.9 Å². The SMILES string of the molecule is C=CC(O)c1ccc(CCCC)cc1. The van der Waals surface area contributed by atoms with Crippen molar-refractivity contribution in [3.63, 3.8) is 0 Å². The Bertz CT molecular complexity index is 274. The first-order valence-electron chi connectivity index (χ1n) is 5.17. The molecule has 0 aliphatic heterocycles. The van der Waals surface area contributed by atoms with Gasteiger partial charge in [0, 0.05) is 0 Å². The summed E-state index contributed by atoms with van der Waals surface area (Å²) in [6.07, 6.45) is 4.58. The fourth-order valence-corrected chi connectivity index (χ4v) is 1.40. The van der Waals surface area contributed by atoms with E-state index < -0.39 is 6.10 Å². The fourth-order valence-electron chi connectivity index (χ4n) is 1.40. The fraction of sp³-hybridized carbons (Fsp3) is 0.385. The van der Waals surface area contributed by atoms with Gasteiger partial charge in [0.2, 0.25) is 0 Å². The highest BCUT2D eigenvalue weighted by atomic mass is 16.3. The molecule has 0 aromatic heterocycles. The summed E-state index contributed by atoms with van der Waals surface area (Å²) in [5, 5.41) is 9.48. The van der Waals surface area contributed by atoms with E-state index in [0.717, 1.165) is 12.0 Å². The lowest BCUT2D eigenvalue weighted by atomic mass is 10.0. The van der Waals surface area contributed by atoms with Crippen molar-refractivity contribution >= 4 is 0 Å². The monoisotopic (exact) mass is 190 g/mol. The second-order valence-corrected chi connectivity index (χ2v) is 3.53. The molecule has 76 valence electrons. The molecule has 0 aliphatic carbocycles. The van der Waals surface area contributed by atoms with Gasteiger partial charge < -0.3 is 5.11 Å². The molecule has 0 heterocycles. The number of aryl methyl sites for hydroxylation is 1. The first-order valence-corrected chi connectivity index (χ1v) is 5.17. The number of hydrogen-bond acceptors (Lipinski definition) is 1. The average molecular weight is 190 g/mol. The summed E-state index contributed by atoms with van der Waals surface area (Å²) >= 11 is 0. The van der Waals surface area contributed by atoms with Crippen molar-refractivity contribution in [2.75, 3.05) is 0 Å². The highest BCUT2D eigenvalue weighted by Gasteiger charge is 2.01. The minimum Gasteiger partial charge on any atom is -0.384 e. The van der Waals surface area contributed by atoms with E-state index in [-0.39, 0.29) is 0 Å². The molecular weight excluding hydrogens is 172 g/mol. The van der Waals surface area contributed by atoms with Crippen LogP contribution in [0.4, 0.5) is 0 Å². The normalized spacial score (nSPS) is 12.4. The minimum atomic E-state index is -0.532. The molecule has 1 N–H and O–H groups in total. The van der Waals surface area contributed by atoms with Gasteiger partial charge >= 0.3 is 0 Å². The molecular formula is C13H18O. The van der Waals surface area contributed by atoms with E-state index in [9.17, 15) is 5.11 Å². The van der Waals surface area contributed by atoms with Crippen molar-refractivity contribution in [3.05, 3.63) is 48.0 Å². The van der Waals surface area contributed by atoms with Gasteiger partial charge in [-0.15, -0.1) is 6.58 Å². The highest BCUT2D eigenvalue weighted by Crippen LogP contribution is 2.15. The van der Waals surface area contributed by atoms with E-state index in [4.69, 9.17) is 0 Å². The van der Waals surface area contributed by atoms with Gasteiger partial charge in [-0.1, -0.05) is 43.7 Å². The molecule has 1 atom stereocenters. The summed E-state index contributed by atoms with van der Waals surface area (Å²) in [5.41, 5.74) is 2.26. The Labute approximate surface area is 86.1 Å². The maximum Gasteiger partial charge on any atom is 0.0969 e. The van der Waals surface area contributed by atoms with Crippen molar-refractivity contribution in [2.24, 2.45) is 0 Å². The van der Waals surface area contributed by atoms with E-state index in [1.807, 2.05) is 12.1 Å². The quantitative estimate of drug-likeness (QED) is 0.707. The molecule has 1 unspecified atom stereocenters. The van der Waals surface area contributed by atoms with Crippen LogP contribution >= 0.6 is 0 Å². The van der Waals surface area contributed by atoms with Gasteiger partial charge in [0.15, 0.2) is 0 Å². The van der Waals surface area contributed by atoms with Crippen molar-refractivity contribution in [3.8, 4) is 0 Å². The largest absolute Gasteiger partial charge is 0.384 e. The van der Waals surface area contributed by atoms with Gasteiger partial charge in [0.1, 0.15) is 0 Å². The number of rotatable bonds is 5. The Morgan fingerprint density at radius 2 is 2.00 bits per heavy atom. The molecule has 0 amide bonds.